The van der Waals surface area contributed by atoms with E-state index < -0.39 is 31.5 Å². The normalized spacial score (nSPS) is 10.8. The summed E-state index contributed by atoms with van der Waals surface area (Å²) in [5.41, 5.74) is -1.45. The number of ether oxygens (including phenoxy) is 1. The van der Waals surface area contributed by atoms with E-state index >= 15 is 0 Å². The van der Waals surface area contributed by atoms with Gasteiger partial charge in [-0.15, -0.1) is 0 Å². The Morgan fingerprint density at radius 3 is 2.21 bits per heavy atom. The van der Waals surface area contributed by atoms with Gasteiger partial charge >= 0.3 is 6.09 Å². The molecule has 0 spiro atoms. The van der Waals surface area contributed by atoms with Crippen LogP contribution in [0.25, 0.3) is 0 Å². The summed E-state index contributed by atoms with van der Waals surface area (Å²) < 4.78 is 4.55. The van der Waals surface area contributed by atoms with Crippen molar-refractivity contribution in [2.45, 2.75) is 5.54 Å². The molecule has 0 saturated heterocycles. The molecule has 14 heavy (non-hydrogen) atoms. The number of carbonyl (C=O) groups excluding carboxylic acids is 1. The van der Waals surface area contributed by atoms with Crippen molar-refractivity contribution in [2.24, 2.45) is 0 Å². The number of hydrogen-bond acceptors (Lipinski definition) is 5. The lowest BCUT2D eigenvalue weighted by atomic mass is 10.0. The smallest absolute Gasteiger partial charge is 0.408 e. The van der Waals surface area contributed by atoms with Gasteiger partial charge in [-0.1, -0.05) is 12.7 Å². The second kappa shape index (κ2) is 6.36. The summed E-state index contributed by atoms with van der Waals surface area (Å²) in [6, 6.07) is 0. The third kappa shape index (κ3) is 3.73. The van der Waals surface area contributed by atoms with Crippen molar-refractivity contribution in [3.8, 4) is 0 Å². The molecule has 0 heterocycles. The molecule has 6 heteroatoms. The van der Waals surface area contributed by atoms with E-state index in [1.807, 2.05) is 0 Å². The second-order valence-corrected chi connectivity index (χ2v) is 2.77. The van der Waals surface area contributed by atoms with Crippen molar-refractivity contribution in [1.29, 1.82) is 0 Å². The lowest BCUT2D eigenvalue weighted by molar-refractivity contribution is 0.0384. The van der Waals surface area contributed by atoms with Crippen LogP contribution in [0.5, 0.6) is 0 Å². The van der Waals surface area contributed by atoms with Crippen LogP contribution < -0.4 is 5.32 Å². The minimum atomic E-state index is -1.45. The standard InChI is InChI=1S/C8H15NO5/c1-2-3-14-7(13)9-8(4-10,5-11)6-12/h2,10-12H,1,3-6H2,(H,9,13). The van der Waals surface area contributed by atoms with Crippen LogP contribution in [0.1, 0.15) is 0 Å². The molecule has 0 aromatic rings. The number of amides is 1. The molecule has 4 N–H and O–H groups in total. The molecule has 1 amide bonds. The van der Waals surface area contributed by atoms with Gasteiger partial charge in [0.25, 0.3) is 0 Å². The molecule has 0 aliphatic rings. The first-order valence-corrected chi connectivity index (χ1v) is 4.02. The van der Waals surface area contributed by atoms with E-state index in [1.165, 1.54) is 6.08 Å². The Bertz CT molecular complexity index is 182. The van der Waals surface area contributed by atoms with Gasteiger partial charge in [0.15, 0.2) is 0 Å². The Morgan fingerprint density at radius 2 is 1.86 bits per heavy atom. The molecule has 0 rings (SSSR count). The molecule has 82 valence electrons. The average Bonchev–Trinajstić information content (AvgIpc) is 2.23. The van der Waals surface area contributed by atoms with Crippen LogP contribution >= 0.6 is 0 Å². The molecule has 0 radical (unpaired) electrons. The molecular weight excluding hydrogens is 190 g/mol. The highest BCUT2D eigenvalue weighted by Crippen LogP contribution is 2.01. The fourth-order valence-electron chi connectivity index (χ4n) is 0.656. The van der Waals surface area contributed by atoms with Gasteiger partial charge in [0.1, 0.15) is 12.1 Å². The van der Waals surface area contributed by atoms with Gasteiger partial charge in [0.2, 0.25) is 0 Å². The summed E-state index contributed by atoms with van der Waals surface area (Å²) >= 11 is 0. The third-order valence-corrected chi connectivity index (χ3v) is 1.61. The van der Waals surface area contributed by atoms with Crippen molar-refractivity contribution in [2.75, 3.05) is 26.4 Å². The van der Waals surface area contributed by atoms with Crippen LogP contribution in [0.15, 0.2) is 12.7 Å². The lowest BCUT2D eigenvalue weighted by Crippen LogP contribution is -2.57. The van der Waals surface area contributed by atoms with Crippen molar-refractivity contribution < 1.29 is 24.9 Å². The topological polar surface area (TPSA) is 99.0 Å². The van der Waals surface area contributed by atoms with Gasteiger partial charge in [-0.05, 0) is 0 Å². The number of aliphatic hydroxyl groups is 3. The number of carbonyl (C=O) groups is 1. The van der Waals surface area contributed by atoms with Crippen LogP contribution in [-0.4, -0.2) is 53.4 Å². The van der Waals surface area contributed by atoms with Gasteiger partial charge in [-0.25, -0.2) is 4.79 Å². The Kier molecular flexibility index (Phi) is 5.86. The van der Waals surface area contributed by atoms with Crippen molar-refractivity contribution in [1.82, 2.24) is 5.32 Å². The summed E-state index contributed by atoms with van der Waals surface area (Å²) in [4.78, 5) is 11.0. The first-order valence-electron chi connectivity index (χ1n) is 4.02. The highest BCUT2D eigenvalue weighted by Gasteiger charge is 2.30. The lowest BCUT2D eigenvalue weighted by Gasteiger charge is -2.27. The van der Waals surface area contributed by atoms with Crippen molar-refractivity contribution in [3.05, 3.63) is 12.7 Å². The highest BCUT2D eigenvalue weighted by molar-refractivity contribution is 5.68. The van der Waals surface area contributed by atoms with Gasteiger partial charge in [-0.3, -0.25) is 0 Å². The monoisotopic (exact) mass is 205 g/mol. The fraction of sp³-hybridized carbons (Fsp3) is 0.625. The Labute approximate surface area is 81.8 Å². The average molecular weight is 205 g/mol. The number of hydrogen-bond donors (Lipinski definition) is 4. The van der Waals surface area contributed by atoms with Crippen LogP contribution in [0, 0.1) is 0 Å². The number of rotatable bonds is 6. The minimum Gasteiger partial charge on any atom is -0.445 e. The zero-order valence-electron chi connectivity index (χ0n) is 7.77. The molecular formula is C8H15NO5. The van der Waals surface area contributed by atoms with Crippen molar-refractivity contribution in [3.63, 3.8) is 0 Å². The third-order valence-electron chi connectivity index (χ3n) is 1.61. The molecule has 6 nitrogen and oxygen atoms in total. The first kappa shape index (κ1) is 12.9. The Morgan fingerprint density at radius 1 is 1.36 bits per heavy atom. The Hall–Kier alpha value is -1.11. The van der Waals surface area contributed by atoms with Crippen LogP contribution in [0.3, 0.4) is 0 Å². The number of aliphatic hydroxyl groups excluding tert-OH is 3. The molecule has 0 atom stereocenters. The summed E-state index contributed by atoms with van der Waals surface area (Å²) in [6.45, 7) is 1.61. The summed E-state index contributed by atoms with van der Waals surface area (Å²) in [7, 11) is 0. The predicted octanol–water partition coefficient (Wildman–Crippen LogP) is -1.39. The van der Waals surface area contributed by atoms with E-state index in [-0.39, 0.29) is 6.61 Å². The molecule has 0 aliphatic heterocycles. The quantitative estimate of drug-likeness (QED) is 0.400. The van der Waals surface area contributed by atoms with Gasteiger partial charge in [-0.2, -0.15) is 0 Å². The van der Waals surface area contributed by atoms with Gasteiger partial charge < -0.3 is 25.4 Å². The fourth-order valence-corrected chi connectivity index (χ4v) is 0.656. The maximum atomic E-state index is 11.0. The summed E-state index contributed by atoms with van der Waals surface area (Å²) in [5, 5.41) is 28.7. The Balaban J connectivity index is 4.14. The number of alkyl carbamates (subject to hydrolysis) is 1. The molecule has 0 aromatic carbocycles. The van der Waals surface area contributed by atoms with E-state index in [0.29, 0.717) is 0 Å². The van der Waals surface area contributed by atoms with Crippen LogP contribution in [0.4, 0.5) is 4.79 Å². The number of nitrogens with one attached hydrogen (secondary N) is 1. The molecule has 0 fully saturated rings. The molecule has 0 saturated carbocycles. The largest absolute Gasteiger partial charge is 0.445 e. The van der Waals surface area contributed by atoms with E-state index in [9.17, 15) is 4.79 Å². The molecule has 0 unspecified atom stereocenters. The first-order chi connectivity index (χ1) is 6.64. The predicted molar refractivity (Wildman–Crippen MR) is 48.7 cm³/mol. The summed E-state index contributed by atoms with van der Waals surface area (Å²) in [6.07, 6.45) is 0.542. The zero-order valence-corrected chi connectivity index (χ0v) is 7.77. The van der Waals surface area contributed by atoms with Gasteiger partial charge in [0.05, 0.1) is 19.8 Å². The van der Waals surface area contributed by atoms with E-state index in [4.69, 9.17) is 15.3 Å². The van der Waals surface area contributed by atoms with Crippen LogP contribution in [-0.2, 0) is 4.74 Å². The maximum absolute atomic E-state index is 11.0. The van der Waals surface area contributed by atoms with Gasteiger partial charge in [0, 0.05) is 0 Å². The van der Waals surface area contributed by atoms with E-state index in [2.05, 4.69) is 16.6 Å². The van der Waals surface area contributed by atoms with Crippen molar-refractivity contribution >= 4 is 6.09 Å². The SMILES string of the molecule is C=CCOC(=O)NC(CO)(CO)CO. The zero-order chi connectivity index (χ0) is 11.0. The van der Waals surface area contributed by atoms with E-state index in [0.717, 1.165) is 0 Å². The second-order valence-electron chi connectivity index (χ2n) is 2.77. The summed E-state index contributed by atoms with van der Waals surface area (Å²) in [5.74, 6) is 0. The maximum Gasteiger partial charge on any atom is 0.408 e. The van der Waals surface area contributed by atoms with Crippen LogP contribution in [0.2, 0.25) is 0 Å². The minimum absolute atomic E-state index is 0.0181. The highest BCUT2D eigenvalue weighted by atomic mass is 16.5. The molecule has 0 aromatic heterocycles. The van der Waals surface area contributed by atoms with E-state index in [1.54, 1.807) is 0 Å². The molecule has 0 bridgehead atoms. The molecule has 0 aliphatic carbocycles.